The van der Waals surface area contributed by atoms with Crippen LogP contribution < -0.4 is 10.6 Å². The van der Waals surface area contributed by atoms with Crippen molar-refractivity contribution in [1.29, 1.82) is 0 Å². The number of aliphatic hydroxyl groups excluding tert-OH is 1. The first-order valence-corrected chi connectivity index (χ1v) is 5.42. The Morgan fingerprint density at radius 2 is 2.19 bits per heavy atom. The van der Waals surface area contributed by atoms with E-state index in [1.807, 2.05) is 18.2 Å². The van der Waals surface area contributed by atoms with E-state index in [-0.39, 0.29) is 19.2 Å². The fraction of sp³-hybridized carbons (Fsp3) is 0.417. The van der Waals surface area contributed by atoms with Gasteiger partial charge in [0.05, 0.1) is 6.61 Å². The SMILES string of the molecule is CCc1cc(NC(=O)NCCO)ccc1C. The monoisotopic (exact) mass is 222 g/mol. The zero-order chi connectivity index (χ0) is 12.0. The number of aryl methyl sites for hydroxylation is 2. The van der Waals surface area contributed by atoms with Gasteiger partial charge in [-0.15, -0.1) is 0 Å². The van der Waals surface area contributed by atoms with Crippen molar-refractivity contribution in [2.24, 2.45) is 0 Å². The molecule has 0 bridgehead atoms. The molecule has 0 saturated heterocycles. The molecule has 1 rings (SSSR count). The first-order chi connectivity index (χ1) is 7.67. The second-order valence-electron chi connectivity index (χ2n) is 3.60. The zero-order valence-corrected chi connectivity index (χ0v) is 9.71. The Balaban J connectivity index is 2.63. The maximum absolute atomic E-state index is 11.3. The highest BCUT2D eigenvalue weighted by molar-refractivity contribution is 5.89. The molecule has 0 spiro atoms. The number of nitrogens with one attached hydrogen (secondary N) is 2. The number of rotatable bonds is 4. The van der Waals surface area contributed by atoms with Crippen molar-refractivity contribution < 1.29 is 9.90 Å². The number of hydrogen-bond donors (Lipinski definition) is 3. The Morgan fingerprint density at radius 3 is 2.81 bits per heavy atom. The summed E-state index contributed by atoms with van der Waals surface area (Å²) in [6.45, 7) is 4.34. The standard InChI is InChI=1S/C12H18N2O2/c1-3-10-8-11(5-4-9(10)2)14-12(16)13-6-7-15/h4-5,8,15H,3,6-7H2,1-2H3,(H2,13,14,16). The largest absolute Gasteiger partial charge is 0.395 e. The van der Waals surface area contributed by atoms with Crippen LogP contribution in [0.15, 0.2) is 18.2 Å². The first-order valence-electron chi connectivity index (χ1n) is 5.42. The lowest BCUT2D eigenvalue weighted by Crippen LogP contribution is -2.30. The van der Waals surface area contributed by atoms with E-state index in [1.54, 1.807) is 0 Å². The molecule has 2 amide bonds. The summed E-state index contributed by atoms with van der Waals surface area (Å²) in [5.41, 5.74) is 3.22. The Kier molecular flexibility index (Phi) is 4.79. The highest BCUT2D eigenvalue weighted by atomic mass is 16.3. The molecular formula is C12H18N2O2. The highest BCUT2D eigenvalue weighted by Gasteiger charge is 2.02. The fourth-order valence-corrected chi connectivity index (χ4v) is 1.47. The molecule has 0 radical (unpaired) electrons. The molecule has 1 aromatic rings. The van der Waals surface area contributed by atoms with Gasteiger partial charge >= 0.3 is 6.03 Å². The lowest BCUT2D eigenvalue weighted by molar-refractivity contribution is 0.245. The lowest BCUT2D eigenvalue weighted by atomic mass is 10.1. The predicted octanol–water partition coefficient (Wildman–Crippen LogP) is 1.67. The van der Waals surface area contributed by atoms with Gasteiger partial charge in [-0.2, -0.15) is 0 Å². The van der Waals surface area contributed by atoms with E-state index in [4.69, 9.17) is 5.11 Å². The van der Waals surface area contributed by atoms with E-state index in [0.717, 1.165) is 12.1 Å². The number of hydrogen-bond acceptors (Lipinski definition) is 2. The second kappa shape index (κ2) is 6.12. The van der Waals surface area contributed by atoms with E-state index >= 15 is 0 Å². The van der Waals surface area contributed by atoms with Crippen LogP contribution in [0.4, 0.5) is 10.5 Å². The van der Waals surface area contributed by atoms with Crippen molar-refractivity contribution in [1.82, 2.24) is 5.32 Å². The summed E-state index contributed by atoms with van der Waals surface area (Å²) in [7, 11) is 0. The lowest BCUT2D eigenvalue weighted by Gasteiger charge is -2.09. The maximum atomic E-state index is 11.3. The van der Waals surface area contributed by atoms with E-state index < -0.39 is 0 Å². The summed E-state index contributed by atoms with van der Waals surface area (Å²) < 4.78 is 0. The third kappa shape index (κ3) is 3.55. The van der Waals surface area contributed by atoms with E-state index in [1.165, 1.54) is 11.1 Å². The van der Waals surface area contributed by atoms with Gasteiger partial charge in [0.1, 0.15) is 0 Å². The van der Waals surface area contributed by atoms with Gasteiger partial charge in [-0.1, -0.05) is 13.0 Å². The minimum atomic E-state index is -0.292. The molecule has 3 N–H and O–H groups in total. The Labute approximate surface area is 95.7 Å². The topological polar surface area (TPSA) is 61.4 Å². The van der Waals surface area contributed by atoms with E-state index in [9.17, 15) is 4.79 Å². The molecule has 1 aromatic carbocycles. The number of aliphatic hydroxyl groups is 1. The fourth-order valence-electron chi connectivity index (χ4n) is 1.47. The summed E-state index contributed by atoms with van der Waals surface area (Å²) >= 11 is 0. The molecule has 0 aliphatic carbocycles. The van der Waals surface area contributed by atoms with Gasteiger partial charge in [0, 0.05) is 12.2 Å². The van der Waals surface area contributed by atoms with Crippen LogP contribution in [0.3, 0.4) is 0 Å². The molecule has 0 unspecified atom stereocenters. The van der Waals surface area contributed by atoms with Crippen molar-refractivity contribution in [3.63, 3.8) is 0 Å². The van der Waals surface area contributed by atoms with Crippen LogP contribution in [0, 0.1) is 6.92 Å². The minimum absolute atomic E-state index is 0.0540. The molecule has 4 nitrogen and oxygen atoms in total. The van der Waals surface area contributed by atoms with Crippen molar-refractivity contribution in [3.05, 3.63) is 29.3 Å². The van der Waals surface area contributed by atoms with Gasteiger partial charge in [-0.05, 0) is 36.6 Å². The summed E-state index contributed by atoms with van der Waals surface area (Å²) in [5.74, 6) is 0. The number of benzene rings is 1. The van der Waals surface area contributed by atoms with Crippen molar-refractivity contribution in [3.8, 4) is 0 Å². The van der Waals surface area contributed by atoms with Gasteiger partial charge in [-0.3, -0.25) is 0 Å². The molecule has 0 heterocycles. The maximum Gasteiger partial charge on any atom is 0.319 e. The van der Waals surface area contributed by atoms with Crippen LogP contribution in [0.5, 0.6) is 0 Å². The molecular weight excluding hydrogens is 204 g/mol. The molecule has 4 heteroatoms. The number of carbonyl (C=O) groups is 1. The molecule has 0 saturated carbocycles. The first kappa shape index (κ1) is 12.5. The summed E-state index contributed by atoms with van der Waals surface area (Å²) in [5, 5.41) is 13.8. The number of amides is 2. The van der Waals surface area contributed by atoms with Crippen molar-refractivity contribution in [2.45, 2.75) is 20.3 Å². The van der Waals surface area contributed by atoms with Gasteiger partial charge in [-0.25, -0.2) is 4.79 Å². The molecule has 88 valence electrons. The molecule has 0 fully saturated rings. The van der Waals surface area contributed by atoms with Crippen LogP contribution in [-0.4, -0.2) is 24.3 Å². The average molecular weight is 222 g/mol. The molecule has 0 aliphatic heterocycles. The van der Waals surface area contributed by atoms with E-state index in [2.05, 4.69) is 24.5 Å². The van der Waals surface area contributed by atoms with Gasteiger partial charge in [0.2, 0.25) is 0 Å². The number of carbonyl (C=O) groups excluding carboxylic acids is 1. The quantitative estimate of drug-likeness (QED) is 0.725. The second-order valence-corrected chi connectivity index (χ2v) is 3.60. The van der Waals surface area contributed by atoms with Gasteiger partial charge in [0.15, 0.2) is 0 Å². The van der Waals surface area contributed by atoms with Gasteiger partial charge in [0.25, 0.3) is 0 Å². The van der Waals surface area contributed by atoms with E-state index in [0.29, 0.717) is 0 Å². The average Bonchev–Trinajstić information content (AvgIpc) is 2.29. The Bertz CT molecular complexity index is 364. The number of anilines is 1. The molecule has 16 heavy (non-hydrogen) atoms. The third-order valence-corrected chi connectivity index (χ3v) is 2.39. The van der Waals surface area contributed by atoms with Crippen LogP contribution in [0.2, 0.25) is 0 Å². The summed E-state index contributed by atoms with van der Waals surface area (Å²) in [4.78, 5) is 11.3. The van der Waals surface area contributed by atoms with Crippen LogP contribution in [0.1, 0.15) is 18.1 Å². The van der Waals surface area contributed by atoms with Crippen molar-refractivity contribution in [2.75, 3.05) is 18.5 Å². The highest BCUT2D eigenvalue weighted by Crippen LogP contribution is 2.15. The molecule has 0 aromatic heterocycles. The Morgan fingerprint density at radius 1 is 1.44 bits per heavy atom. The molecule has 0 aliphatic rings. The van der Waals surface area contributed by atoms with Crippen molar-refractivity contribution >= 4 is 11.7 Å². The minimum Gasteiger partial charge on any atom is -0.395 e. The Hall–Kier alpha value is -1.55. The summed E-state index contributed by atoms with van der Waals surface area (Å²) in [6, 6.07) is 5.53. The predicted molar refractivity (Wildman–Crippen MR) is 64.7 cm³/mol. The van der Waals surface area contributed by atoms with Crippen LogP contribution in [0.25, 0.3) is 0 Å². The number of urea groups is 1. The van der Waals surface area contributed by atoms with Gasteiger partial charge < -0.3 is 15.7 Å². The normalized spacial score (nSPS) is 9.94. The third-order valence-electron chi connectivity index (χ3n) is 2.39. The van der Waals surface area contributed by atoms with Crippen LogP contribution in [-0.2, 0) is 6.42 Å². The van der Waals surface area contributed by atoms with Crippen LogP contribution >= 0.6 is 0 Å². The zero-order valence-electron chi connectivity index (χ0n) is 9.71. The summed E-state index contributed by atoms with van der Waals surface area (Å²) in [6.07, 6.45) is 0.944. The molecule has 0 atom stereocenters. The smallest absolute Gasteiger partial charge is 0.319 e.